The molecule has 2 aromatic carbocycles. The van der Waals surface area contributed by atoms with E-state index in [0.717, 1.165) is 11.3 Å². The molecule has 0 saturated heterocycles. The molecule has 4 aromatic rings. The van der Waals surface area contributed by atoms with Crippen LogP contribution in [-0.4, -0.2) is 24.0 Å². The molecule has 8 heteroatoms. The molecule has 162 valence electrons. The van der Waals surface area contributed by atoms with Gasteiger partial charge in [-0.1, -0.05) is 24.3 Å². The van der Waals surface area contributed by atoms with E-state index in [0.29, 0.717) is 17.8 Å². The van der Waals surface area contributed by atoms with Crippen LogP contribution in [0, 0.1) is 0 Å². The highest BCUT2D eigenvalue weighted by Gasteiger charge is 2.18. The van der Waals surface area contributed by atoms with Gasteiger partial charge >= 0.3 is 6.03 Å². The Hall–Kier alpha value is -3.91. The monoisotopic (exact) mass is 446 g/mol. The summed E-state index contributed by atoms with van der Waals surface area (Å²) in [5.41, 5.74) is 2.91. The van der Waals surface area contributed by atoms with Crippen LogP contribution < -0.4 is 10.6 Å². The predicted molar refractivity (Wildman–Crippen MR) is 123 cm³/mol. The minimum atomic E-state index is -3.57. The maximum atomic E-state index is 13.0. The summed E-state index contributed by atoms with van der Waals surface area (Å²) in [7, 11) is -3.57. The Kier molecular flexibility index (Phi) is 6.32. The molecule has 0 radical (unpaired) electrons. The van der Waals surface area contributed by atoms with Crippen molar-refractivity contribution < 1.29 is 13.2 Å². The van der Waals surface area contributed by atoms with Gasteiger partial charge in [-0.05, 0) is 59.7 Å². The van der Waals surface area contributed by atoms with Gasteiger partial charge in [-0.3, -0.25) is 4.98 Å². The van der Waals surface area contributed by atoms with E-state index >= 15 is 0 Å². The molecule has 7 nitrogen and oxygen atoms in total. The van der Waals surface area contributed by atoms with E-state index in [1.54, 1.807) is 30.6 Å². The van der Waals surface area contributed by atoms with E-state index in [-0.39, 0.29) is 16.7 Å². The van der Waals surface area contributed by atoms with Crippen LogP contribution in [0.25, 0.3) is 5.69 Å². The number of nitrogens with zero attached hydrogens (tertiary/aromatic N) is 2. The summed E-state index contributed by atoms with van der Waals surface area (Å²) in [5.74, 6) is -0.125. The van der Waals surface area contributed by atoms with Gasteiger partial charge in [0.15, 0.2) is 9.84 Å². The summed E-state index contributed by atoms with van der Waals surface area (Å²) >= 11 is 0. The van der Waals surface area contributed by atoms with E-state index in [9.17, 15) is 13.2 Å². The number of hydrogen-bond acceptors (Lipinski definition) is 4. The Morgan fingerprint density at radius 1 is 0.906 bits per heavy atom. The number of sulfone groups is 1. The highest BCUT2D eigenvalue weighted by Crippen LogP contribution is 2.23. The number of hydrogen-bond donors (Lipinski definition) is 2. The summed E-state index contributed by atoms with van der Waals surface area (Å²) in [6.07, 6.45) is 7.10. The Labute approximate surface area is 186 Å². The molecule has 4 rings (SSSR count). The lowest BCUT2D eigenvalue weighted by atomic mass is 10.2. The lowest BCUT2D eigenvalue weighted by Crippen LogP contribution is -2.28. The van der Waals surface area contributed by atoms with Crippen molar-refractivity contribution in [3.05, 3.63) is 109 Å². The van der Waals surface area contributed by atoms with Crippen molar-refractivity contribution in [3.63, 3.8) is 0 Å². The van der Waals surface area contributed by atoms with E-state index in [2.05, 4.69) is 15.6 Å². The van der Waals surface area contributed by atoms with Crippen LogP contribution in [0.4, 0.5) is 10.5 Å². The van der Waals surface area contributed by atoms with Crippen LogP contribution in [0.3, 0.4) is 0 Å². The van der Waals surface area contributed by atoms with Gasteiger partial charge in [-0.15, -0.1) is 0 Å². The fourth-order valence-corrected chi connectivity index (χ4v) is 4.64. The van der Waals surface area contributed by atoms with E-state index in [4.69, 9.17) is 0 Å². The number of carbonyl (C=O) groups excluding carboxylic acids is 1. The first kappa shape index (κ1) is 21.3. The standard InChI is InChI=1S/C24H22N4O3S/c29-24(26-17-19-6-5-13-25-16-19)27-21-9-11-22(12-10-21)32(30,31)18-20-7-1-2-8-23(20)28-14-3-4-15-28/h1-16H,17-18H2,(H2,26,27,29). The number of rotatable bonds is 7. The zero-order chi connectivity index (χ0) is 22.4. The molecule has 2 heterocycles. The summed E-state index contributed by atoms with van der Waals surface area (Å²) in [6.45, 7) is 0.340. The lowest BCUT2D eigenvalue weighted by Gasteiger charge is -2.12. The summed E-state index contributed by atoms with van der Waals surface area (Å²) < 4.78 is 27.9. The molecule has 0 bridgehead atoms. The molecule has 32 heavy (non-hydrogen) atoms. The van der Waals surface area contributed by atoms with Crippen molar-refractivity contribution >= 4 is 21.6 Å². The van der Waals surface area contributed by atoms with Crippen molar-refractivity contribution in [2.75, 3.05) is 5.32 Å². The molecule has 0 atom stereocenters. The Morgan fingerprint density at radius 3 is 2.38 bits per heavy atom. The molecule has 2 N–H and O–H groups in total. The SMILES string of the molecule is O=C(NCc1cccnc1)Nc1ccc(S(=O)(=O)Cc2ccccc2-n2cccc2)cc1. The third-order valence-electron chi connectivity index (χ3n) is 4.87. The van der Waals surface area contributed by atoms with Crippen molar-refractivity contribution in [1.82, 2.24) is 14.9 Å². The number of benzene rings is 2. The van der Waals surface area contributed by atoms with Gasteiger partial charge in [0.1, 0.15) is 0 Å². The topological polar surface area (TPSA) is 93.1 Å². The molecule has 2 aromatic heterocycles. The average molecular weight is 447 g/mol. The van der Waals surface area contributed by atoms with Gasteiger partial charge in [0, 0.05) is 42.7 Å². The Balaban J connectivity index is 1.42. The number of aromatic nitrogens is 2. The fourth-order valence-electron chi connectivity index (χ4n) is 3.27. The van der Waals surface area contributed by atoms with Crippen LogP contribution in [0.5, 0.6) is 0 Å². The number of urea groups is 1. The number of nitrogens with one attached hydrogen (secondary N) is 2. The highest BCUT2D eigenvalue weighted by atomic mass is 32.2. The maximum absolute atomic E-state index is 13.0. The van der Waals surface area contributed by atoms with Gasteiger partial charge in [0.2, 0.25) is 0 Å². The lowest BCUT2D eigenvalue weighted by molar-refractivity contribution is 0.251. The molecule has 0 saturated carbocycles. The molecule has 0 fully saturated rings. The summed E-state index contributed by atoms with van der Waals surface area (Å²) in [4.78, 5) is 16.3. The number of anilines is 1. The molecule has 0 aliphatic rings. The second-order valence-corrected chi connectivity index (χ2v) is 9.16. The normalized spacial score (nSPS) is 11.1. The minimum absolute atomic E-state index is 0.125. The molecule has 0 aliphatic carbocycles. The molecule has 0 aliphatic heterocycles. The molecule has 0 unspecified atom stereocenters. The maximum Gasteiger partial charge on any atom is 0.319 e. The van der Waals surface area contributed by atoms with Crippen LogP contribution in [0.15, 0.2) is 102 Å². The third-order valence-corrected chi connectivity index (χ3v) is 6.55. The van der Waals surface area contributed by atoms with Crippen LogP contribution in [0.2, 0.25) is 0 Å². The van der Waals surface area contributed by atoms with Gasteiger partial charge in [0.05, 0.1) is 10.6 Å². The second-order valence-electron chi connectivity index (χ2n) is 7.17. The van der Waals surface area contributed by atoms with Crippen molar-refractivity contribution in [1.29, 1.82) is 0 Å². The largest absolute Gasteiger partial charge is 0.334 e. The average Bonchev–Trinajstić information content (AvgIpc) is 3.34. The quantitative estimate of drug-likeness (QED) is 0.446. The molecular weight excluding hydrogens is 424 g/mol. The fraction of sp³-hybridized carbons (Fsp3) is 0.0833. The Bertz CT molecular complexity index is 1290. The first-order valence-corrected chi connectivity index (χ1v) is 11.6. The van der Waals surface area contributed by atoms with Gasteiger partial charge in [-0.25, -0.2) is 13.2 Å². The number of pyridine rings is 1. The number of carbonyl (C=O) groups is 1. The van der Waals surface area contributed by atoms with Gasteiger partial charge in [-0.2, -0.15) is 0 Å². The van der Waals surface area contributed by atoms with E-state index < -0.39 is 9.84 Å². The minimum Gasteiger partial charge on any atom is -0.334 e. The predicted octanol–water partition coefficient (Wildman–Crippen LogP) is 4.17. The third kappa shape index (κ3) is 5.22. The summed E-state index contributed by atoms with van der Waals surface area (Å²) in [5, 5.41) is 5.43. The first-order chi connectivity index (χ1) is 15.5. The zero-order valence-electron chi connectivity index (χ0n) is 17.2. The molecule has 2 amide bonds. The molecular formula is C24H22N4O3S. The van der Waals surface area contributed by atoms with E-state index in [1.807, 2.05) is 59.4 Å². The second kappa shape index (κ2) is 9.49. The first-order valence-electron chi connectivity index (χ1n) is 9.99. The van der Waals surface area contributed by atoms with Crippen molar-refractivity contribution in [2.45, 2.75) is 17.2 Å². The zero-order valence-corrected chi connectivity index (χ0v) is 18.0. The van der Waals surface area contributed by atoms with E-state index in [1.165, 1.54) is 12.1 Å². The Morgan fingerprint density at radius 2 is 1.66 bits per heavy atom. The van der Waals surface area contributed by atoms with Crippen LogP contribution in [-0.2, 0) is 22.1 Å². The van der Waals surface area contributed by atoms with Crippen molar-refractivity contribution in [3.8, 4) is 5.69 Å². The molecule has 0 spiro atoms. The van der Waals surface area contributed by atoms with Gasteiger partial charge < -0.3 is 15.2 Å². The van der Waals surface area contributed by atoms with Gasteiger partial charge in [0.25, 0.3) is 0 Å². The summed E-state index contributed by atoms with van der Waals surface area (Å²) in [6, 6.07) is 20.6. The smallest absolute Gasteiger partial charge is 0.319 e. The number of para-hydroxylation sites is 1. The highest BCUT2D eigenvalue weighted by molar-refractivity contribution is 7.90. The van der Waals surface area contributed by atoms with Crippen LogP contribution in [0.1, 0.15) is 11.1 Å². The number of amides is 2. The van der Waals surface area contributed by atoms with Crippen molar-refractivity contribution in [2.24, 2.45) is 0 Å². The van der Waals surface area contributed by atoms with Crippen LogP contribution >= 0.6 is 0 Å².